The average Bonchev–Trinajstić information content (AvgIpc) is 2.73. The van der Waals surface area contributed by atoms with E-state index in [4.69, 9.17) is 0 Å². The SMILES string of the molecule is CCC(Nc1nnc(C)s1)c1ccccc1O. The van der Waals surface area contributed by atoms with Gasteiger partial charge in [-0.3, -0.25) is 0 Å². The summed E-state index contributed by atoms with van der Waals surface area (Å²) in [4.78, 5) is 0. The molecule has 1 aromatic heterocycles. The molecule has 90 valence electrons. The van der Waals surface area contributed by atoms with Crippen LogP contribution >= 0.6 is 11.3 Å². The molecule has 0 bridgehead atoms. The van der Waals surface area contributed by atoms with E-state index in [0.29, 0.717) is 5.75 Å². The third kappa shape index (κ3) is 2.74. The first-order valence-electron chi connectivity index (χ1n) is 5.55. The number of phenols is 1. The molecule has 2 N–H and O–H groups in total. The van der Waals surface area contributed by atoms with Gasteiger partial charge in [-0.2, -0.15) is 0 Å². The van der Waals surface area contributed by atoms with Crippen molar-refractivity contribution in [2.45, 2.75) is 26.3 Å². The van der Waals surface area contributed by atoms with Gasteiger partial charge in [0, 0.05) is 5.56 Å². The molecule has 0 radical (unpaired) electrons. The molecular weight excluding hydrogens is 234 g/mol. The number of para-hydroxylation sites is 1. The number of nitrogens with one attached hydrogen (secondary N) is 1. The molecule has 0 aliphatic heterocycles. The molecule has 0 saturated carbocycles. The Morgan fingerprint density at radius 2 is 2.12 bits per heavy atom. The summed E-state index contributed by atoms with van der Waals surface area (Å²) in [5.41, 5.74) is 0.892. The van der Waals surface area contributed by atoms with E-state index in [-0.39, 0.29) is 6.04 Å². The van der Waals surface area contributed by atoms with Crippen molar-refractivity contribution >= 4 is 16.5 Å². The molecule has 0 aliphatic rings. The van der Waals surface area contributed by atoms with Crippen LogP contribution in [0.4, 0.5) is 5.13 Å². The topological polar surface area (TPSA) is 58.0 Å². The number of hydrogen-bond acceptors (Lipinski definition) is 5. The Kier molecular flexibility index (Phi) is 3.58. The van der Waals surface area contributed by atoms with Gasteiger partial charge < -0.3 is 10.4 Å². The Morgan fingerprint density at radius 3 is 2.71 bits per heavy atom. The first-order chi connectivity index (χ1) is 8.20. The number of benzene rings is 1. The second-order valence-electron chi connectivity index (χ2n) is 3.79. The van der Waals surface area contributed by atoms with Crippen LogP contribution in [0.3, 0.4) is 0 Å². The fraction of sp³-hybridized carbons (Fsp3) is 0.333. The summed E-state index contributed by atoms with van der Waals surface area (Å²) >= 11 is 1.52. The van der Waals surface area contributed by atoms with Crippen LogP contribution in [0, 0.1) is 6.92 Å². The number of aromatic nitrogens is 2. The van der Waals surface area contributed by atoms with Crippen molar-refractivity contribution < 1.29 is 5.11 Å². The van der Waals surface area contributed by atoms with E-state index in [1.807, 2.05) is 25.1 Å². The van der Waals surface area contributed by atoms with Gasteiger partial charge in [0.2, 0.25) is 5.13 Å². The van der Waals surface area contributed by atoms with Crippen molar-refractivity contribution in [2.75, 3.05) is 5.32 Å². The lowest BCUT2D eigenvalue weighted by Gasteiger charge is -2.17. The van der Waals surface area contributed by atoms with E-state index >= 15 is 0 Å². The predicted molar refractivity (Wildman–Crippen MR) is 69.4 cm³/mol. The average molecular weight is 249 g/mol. The molecule has 2 aromatic rings. The first kappa shape index (κ1) is 11.9. The molecule has 17 heavy (non-hydrogen) atoms. The molecule has 1 aromatic carbocycles. The highest BCUT2D eigenvalue weighted by atomic mass is 32.1. The lowest BCUT2D eigenvalue weighted by Crippen LogP contribution is -2.09. The van der Waals surface area contributed by atoms with Gasteiger partial charge in [0.05, 0.1) is 6.04 Å². The van der Waals surface area contributed by atoms with Crippen LogP contribution < -0.4 is 5.32 Å². The van der Waals surface area contributed by atoms with Crippen LogP contribution in [-0.2, 0) is 0 Å². The van der Waals surface area contributed by atoms with Gasteiger partial charge in [-0.1, -0.05) is 36.5 Å². The zero-order chi connectivity index (χ0) is 12.3. The predicted octanol–water partition coefficient (Wildman–Crippen LogP) is 3.12. The van der Waals surface area contributed by atoms with Crippen molar-refractivity contribution in [1.29, 1.82) is 0 Å². The smallest absolute Gasteiger partial charge is 0.206 e. The van der Waals surface area contributed by atoms with Gasteiger partial charge in [0.25, 0.3) is 0 Å². The van der Waals surface area contributed by atoms with Gasteiger partial charge in [0.1, 0.15) is 10.8 Å². The first-order valence-corrected chi connectivity index (χ1v) is 6.37. The Labute approximate surface area is 104 Å². The van der Waals surface area contributed by atoms with Crippen LogP contribution in [0.15, 0.2) is 24.3 Å². The van der Waals surface area contributed by atoms with E-state index in [9.17, 15) is 5.11 Å². The molecule has 0 spiro atoms. The summed E-state index contributed by atoms with van der Waals surface area (Å²) in [6.45, 7) is 3.99. The molecule has 0 aliphatic carbocycles. The van der Waals surface area contributed by atoms with Gasteiger partial charge in [0.15, 0.2) is 0 Å². The van der Waals surface area contributed by atoms with Crippen molar-refractivity contribution in [3.63, 3.8) is 0 Å². The van der Waals surface area contributed by atoms with Crippen molar-refractivity contribution in [1.82, 2.24) is 10.2 Å². The molecule has 1 heterocycles. The van der Waals surface area contributed by atoms with E-state index in [0.717, 1.165) is 22.1 Å². The minimum Gasteiger partial charge on any atom is -0.508 e. The quantitative estimate of drug-likeness (QED) is 0.874. The van der Waals surface area contributed by atoms with Crippen LogP contribution in [0.25, 0.3) is 0 Å². The Morgan fingerprint density at radius 1 is 1.35 bits per heavy atom. The molecule has 5 heteroatoms. The number of phenolic OH excluding ortho intramolecular Hbond substituents is 1. The van der Waals surface area contributed by atoms with E-state index < -0.39 is 0 Å². The lowest BCUT2D eigenvalue weighted by atomic mass is 10.0. The van der Waals surface area contributed by atoms with Gasteiger partial charge in [-0.05, 0) is 19.4 Å². The normalized spacial score (nSPS) is 12.4. The van der Waals surface area contributed by atoms with E-state index in [1.54, 1.807) is 6.07 Å². The number of anilines is 1. The molecule has 1 atom stereocenters. The maximum absolute atomic E-state index is 9.82. The molecule has 0 amide bonds. The highest BCUT2D eigenvalue weighted by Crippen LogP contribution is 2.29. The molecule has 2 rings (SSSR count). The second kappa shape index (κ2) is 5.14. The molecule has 1 unspecified atom stereocenters. The maximum Gasteiger partial charge on any atom is 0.206 e. The molecular formula is C12H15N3OS. The van der Waals surface area contributed by atoms with Crippen LogP contribution in [-0.4, -0.2) is 15.3 Å². The molecule has 0 fully saturated rings. The largest absolute Gasteiger partial charge is 0.508 e. The Hall–Kier alpha value is -1.62. The van der Waals surface area contributed by atoms with Gasteiger partial charge in [-0.25, -0.2) is 0 Å². The monoisotopic (exact) mass is 249 g/mol. The van der Waals surface area contributed by atoms with Crippen LogP contribution in [0.2, 0.25) is 0 Å². The van der Waals surface area contributed by atoms with Crippen molar-refractivity contribution in [3.8, 4) is 5.75 Å². The number of aryl methyl sites for hydroxylation is 1. The zero-order valence-electron chi connectivity index (χ0n) is 9.84. The second-order valence-corrected chi connectivity index (χ2v) is 4.97. The third-order valence-corrected chi connectivity index (χ3v) is 3.31. The number of aromatic hydroxyl groups is 1. The lowest BCUT2D eigenvalue weighted by molar-refractivity contribution is 0.462. The number of nitrogens with zero attached hydrogens (tertiary/aromatic N) is 2. The van der Waals surface area contributed by atoms with E-state index in [1.165, 1.54) is 11.3 Å². The number of rotatable bonds is 4. The van der Waals surface area contributed by atoms with Gasteiger partial charge in [-0.15, -0.1) is 10.2 Å². The van der Waals surface area contributed by atoms with E-state index in [2.05, 4.69) is 22.4 Å². The maximum atomic E-state index is 9.82. The van der Waals surface area contributed by atoms with Crippen molar-refractivity contribution in [2.24, 2.45) is 0 Å². The highest BCUT2D eigenvalue weighted by molar-refractivity contribution is 7.15. The minimum atomic E-state index is 0.0588. The van der Waals surface area contributed by atoms with Crippen LogP contribution in [0.1, 0.15) is 30.0 Å². The Balaban J connectivity index is 2.20. The molecule has 4 nitrogen and oxygen atoms in total. The highest BCUT2D eigenvalue weighted by Gasteiger charge is 2.14. The summed E-state index contributed by atoms with van der Waals surface area (Å²) in [5, 5.41) is 22.8. The van der Waals surface area contributed by atoms with Gasteiger partial charge >= 0.3 is 0 Å². The van der Waals surface area contributed by atoms with Crippen LogP contribution in [0.5, 0.6) is 5.75 Å². The summed E-state index contributed by atoms with van der Waals surface area (Å²) in [6.07, 6.45) is 0.871. The fourth-order valence-electron chi connectivity index (χ4n) is 1.69. The minimum absolute atomic E-state index is 0.0588. The van der Waals surface area contributed by atoms with Crippen molar-refractivity contribution in [3.05, 3.63) is 34.8 Å². The molecule has 0 saturated heterocycles. The summed E-state index contributed by atoms with van der Waals surface area (Å²) in [6, 6.07) is 7.42. The Bertz CT molecular complexity index is 498. The summed E-state index contributed by atoms with van der Waals surface area (Å²) < 4.78 is 0. The third-order valence-electron chi connectivity index (χ3n) is 2.54. The summed E-state index contributed by atoms with van der Waals surface area (Å²) in [5.74, 6) is 0.313. The summed E-state index contributed by atoms with van der Waals surface area (Å²) in [7, 11) is 0. The number of hydrogen-bond donors (Lipinski definition) is 2. The fourth-order valence-corrected chi connectivity index (χ4v) is 2.33. The standard InChI is InChI=1S/C12H15N3OS/c1-3-10(9-6-4-5-7-11(9)16)13-12-15-14-8(2)17-12/h4-7,10,16H,3H2,1-2H3,(H,13,15). The zero-order valence-corrected chi connectivity index (χ0v) is 10.7.